The Morgan fingerprint density at radius 3 is 2.33 bits per heavy atom. The molecule has 0 aliphatic carbocycles. The quantitative estimate of drug-likeness (QED) is 0.312. The van der Waals surface area contributed by atoms with Crippen molar-refractivity contribution in [2.75, 3.05) is 32.8 Å². The first kappa shape index (κ1) is 23.1. The molecule has 0 rings (SSSR count). The maximum absolute atomic E-state index is 11.7. The van der Waals surface area contributed by atoms with Gasteiger partial charge in [-0.05, 0) is 32.4 Å². The van der Waals surface area contributed by atoms with Crippen LogP contribution in [0.2, 0.25) is 0 Å². The molecule has 4 nitrogen and oxygen atoms in total. The number of carbonyl (C=O) groups excluding carboxylic acids is 1. The second-order valence-corrected chi connectivity index (χ2v) is 6.45. The number of nitrogens with one attached hydrogen (secondary N) is 1. The lowest BCUT2D eigenvalue weighted by molar-refractivity contribution is -0.120. The summed E-state index contributed by atoms with van der Waals surface area (Å²) in [4.78, 5) is 14.1. The molecule has 0 spiro atoms. The van der Waals surface area contributed by atoms with Crippen LogP contribution in [0.4, 0.5) is 0 Å². The van der Waals surface area contributed by atoms with Gasteiger partial charge in [0.25, 0.3) is 0 Å². The molecule has 0 saturated heterocycles. The summed E-state index contributed by atoms with van der Waals surface area (Å²) in [5.74, 6) is 0.127. The number of likely N-dealkylation sites (N-methyl/N-ethyl adjacent to an activating group) is 1. The lowest BCUT2D eigenvalue weighted by Gasteiger charge is -2.20. The summed E-state index contributed by atoms with van der Waals surface area (Å²) in [6, 6.07) is 0. The monoisotopic (exact) mass is 340 g/mol. The second-order valence-electron chi connectivity index (χ2n) is 6.45. The van der Waals surface area contributed by atoms with Crippen molar-refractivity contribution in [3.05, 3.63) is 12.2 Å². The van der Waals surface area contributed by atoms with Gasteiger partial charge in [0.05, 0.1) is 0 Å². The summed E-state index contributed by atoms with van der Waals surface area (Å²) in [5, 5.41) is 11.7. The summed E-state index contributed by atoms with van der Waals surface area (Å²) in [7, 11) is 0. The average molecular weight is 341 g/mol. The molecule has 1 amide bonds. The minimum atomic E-state index is 0.127. The molecule has 24 heavy (non-hydrogen) atoms. The summed E-state index contributed by atoms with van der Waals surface area (Å²) in [6.07, 6.45) is 15.1. The Morgan fingerprint density at radius 1 is 0.958 bits per heavy atom. The topological polar surface area (TPSA) is 52.6 Å². The molecule has 0 aliphatic heterocycles. The van der Waals surface area contributed by atoms with E-state index in [0.29, 0.717) is 13.0 Å². The van der Waals surface area contributed by atoms with Gasteiger partial charge in [0.15, 0.2) is 0 Å². The van der Waals surface area contributed by atoms with E-state index in [1.165, 1.54) is 38.5 Å². The van der Waals surface area contributed by atoms with Crippen molar-refractivity contribution in [1.29, 1.82) is 0 Å². The summed E-state index contributed by atoms with van der Waals surface area (Å²) in [6.45, 7) is 8.51. The van der Waals surface area contributed by atoms with Crippen molar-refractivity contribution in [1.82, 2.24) is 10.2 Å². The van der Waals surface area contributed by atoms with Gasteiger partial charge in [-0.25, -0.2) is 0 Å². The summed E-state index contributed by atoms with van der Waals surface area (Å²) >= 11 is 0. The van der Waals surface area contributed by atoms with E-state index in [9.17, 15) is 4.79 Å². The first-order chi connectivity index (χ1) is 11.7. The number of rotatable bonds is 17. The molecule has 0 radical (unpaired) electrons. The smallest absolute Gasteiger partial charge is 0.223 e. The molecule has 0 aromatic rings. The Balaban J connectivity index is 3.56. The Hall–Kier alpha value is -0.870. The van der Waals surface area contributed by atoms with E-state index in [4.69, 9.17) is 5.11 Å². The highest BCUT2D eigenvalue weighted by Crippen LogP contribution is 2.06. The highest BCUT2D eigenvalue weighted by Gasteiger charge is 2.03. The van der Waals surface area contributed by atoms with E-state index in [-0.39, 0.29) is 5.91 Å². The lowest BCUT2D eigenvalue weighted by atomic mass is 10.1. The van der Waals surface area contributed by atoms with Crippen molar-refractivity contribution in [3.63, 3.8) is 0 Å². The van der Waals surface area contributed by atoms with Crippen LogP contribution in [0, 0.1) is 0 Å². The van der Waals surface area contributed by atoms with Gasteiger partial charge in [-0.1, -0.05) is 64.5 Å². The number of nitrogens with zero attached hydrogens (tertiary/aromatic N) is 1. The predicted molar refractivity (Wildman–Crippen MR) is 103 cm³/mol. The first-order valence-electron chi connectivity index (χ1n) is 9.99. The van der Waals surface area contributed by atoms with Gasteiger partial charge in [-0.3, -0.25) is 4.79 Å². The molecule has 0 fully saturated rings. The maximum atomic E-state index is 11.7. The number of hydrogen-bond acceptors (Lipinski definition) is 3. The van der Waals surface area contributed by atoms with Crippen LogP contribution >= 0.6 is 0 Å². The van der Waals surface area contributed by atoms with Crippen LogP contribution in [0.25, 0.3) is 0 Å². The van der Waals surface area contributed by atoms with Gasteiger partial charge in [0.2, 0.25) is 5.91 Å². The zero-order valence-corrected chi connectivity index (χ0v) is 16.1. The zero-order valence-electron chi connectivity index (χ0n) is 16.1. The van der Waals surface area contributed by atoms with Crippen LogP contribution in [0.3, 0.4) is 0 Å². The molecule has 0 saturated carbocycles. The minimum Gasteiger partial charge on any atom is -0.396 e. The van der Waals surface area contributed by atoms with Crippen molar-refractivity contribution in [2.45, 2.75) is 78.1 Å². The zero-order chi connectivity index (χ0) is 17.9. The van der Waals surface area contributed by atoms with E-state index in [0.717, 1.165) is 45.4 Å². The van der Waals surface area contributed by atoms with E-state index >= 15 is 0 Å². The van der Waals surface area contributed by atoms with Crippen LogP contribution in [0.5, 0.6) is 0 Å². The number of allylic oxidation sites excluding steroid dienone is 1. The Bertz CT molecular complexity index is 306. The number of aliphatic hydroxyl groups excluding tert-OH is 1. The fourth-order valence-electron chi connectivity index (χ4n) is 2.64. The summed E-state index contributed by atoms with van der Waals surface area (Å²) in [5.41, 5.74) is 0. The largest absolute Gasteiger partial charge is 0.396 e. The molecule has 0 aromatic carbocycles. The van der Waals surface area contributed by atoms with Crippen LogP contribution in [0.1, 0.15) is 78.1 Å². The molecule has 0 atom stereocenters. The third-order valence-electron chi connectivity index (χ3n) is 4.27. The lowest BCUT2D eigenvalue weighted by Crippen LogP contribution is -2.35. The average Bonchev–Trinajstić information content (AvgIpc) is 2.59. The highest BCUT2D eigenvalue weighted by molar-refractivity contribution is 5.77. The van der Waals surface area contributed by atoms with Crippen LogP contribution in [-0.2, 0) is 4.79 Å². The number of unbranched alkanes of at least 4 members (excludes halogenated alkanes) is 7. The fraction of sp³-hybridized carbons (Fsp3) is 0.850. The molecule has 0 aromatic heterocycles. The van der Waals surface area contributed by atoms with Gasteiger partial charge >= 0.3 is 0 Å². The molecule has 0 bridgehead atoms. The van der Waals surface area contributed by atoms with Crippen LogP contribution in [-0.4, -0.2) is 48.7 Å². The van der Waals surface area contributed by atoms with E-state index < -0.39 is 0 Å². The van der Waals surface area contributed by atoms with Gasteiger partial charge in [0.1, 0.15) is 0 Å². The SMILES string of the molecule is CCCC/C=C/CC(=O)NCCN(CC)CCCCCCCCO. The van der Waals surface area contributed by atoms with Gasteiger partial charge in [0, 0.05) is 26.1 Å². The van der Waals surface area contributed by atoms with Crippen molar-refractivity contribution in [2.24, 2.45) is 0 Å². The van der Waals surface area contributed by atoms with E-state index in [1.807, 2.05) is 6.08 Å². The molecule has 2 N–H and O–H groups in total. The molecular formula is C20H40N2O2. The molecule has 142 valence electrons. The Labute approximate surface area is 149 Å². The minimum absolute atomic E-state index is 0.127. The Kier molecular flexibility index (Phi) is 17.8. The number of hydrogen-bond donors (Lipinski definition) is 2. The van der Waals surface area contributed by atoms with Crippen molar-refractivity contribution < 1.29 is 9.90 Å². The fourth-order valence-corrected chi connectivity index (χ4v) is 2.64. The van der Waals surface area contributed by atoms with Crippen molar-refractivity contribution in [3.8, 4) is 0 Å². The second kappa shape index (κ2) is 18.5. The molecule has 0 unspecified atom stereocenters. The number of aliphatic hydroxyl groups is 1. The van der Waals surface area contributed by atoms with E-state index in [1.54, 1.807) is 0 Å². The van der Waals surface area contributed by atoms with Crippen LogP contribution < -0.4 is 5.32 Å². The maximum Gasteiger partial charge on any atom is 0.223 e. The van der Waals surface area contributed by atoms with Gasteiger partial charge < -0.3 is 15.3 Å². The van der Waals surface area contributed by atoms with Crippen molar-refractivity contribution >= 4 is 5.91 Å². The standard InChI is InChI=1S/C20H40N2O2/c1-3-5-6-9-12-15-20(24)21-16-18-22(4-2)17-13-10-7-8-11-14-19-23/h9,12,23H,3-8,10-11,13-19H2,1-2H3,(H,21,24)/b12-9+. The van der Waals surface area contributed by atoms with Gasteiger partial charge in [-0.2, -0.15) is 0 Å². The highest BCUT2D eigenvalue weighted by atomic mass is 16.2. The number of carbonyl (C=O) groups is 1. The molecule has 0 aliphatic rings. The Morgan fingerprint density at radius 2 is 1.67 bits per heavy atom. The summed E-state index contributed by atoms with van der Waals surface area (Å²) < 4.78 is 0. The third-order valence-corrected chi connectivity index (χ3v) is 4.27. The van der Waals surface area contributed by atoms with Crippen LogP contribution in [0.15, 0.2) is 12.2 Å². The molecule has 0 heterocycles. The molecule has 4 heteroatoms. The van der Waals surface area contributed by atoms with Gasteiger partial charge in [-0.15, -0.1) is 0 Å². The normalized spacial score (nSPS) is 11.5. The predicted octanol–water partition coefficient (Wildman–Crippen LogP) is 3.89. The number of amides is 1. The van der Waals surface area contributed by atoms with E-state index in [2.05, 4.69) is 30.1 Å². The third kappa shape index (κ3) is 16.0. The first-order valence-corrected chi connectivity index (χ1v) is 9.99. The molecular weight excluding hydrogens is 300 g/mol.